The van der Waals surface area contributed by atoms with Crippen molar-refractivity contribution >= 4 is 17.5 Å². The molecular formula is C14H13N3O3. The largest absolute Gasteiger partial charge is 0.289 e. The number of carbonyl (C=O) groups excluding carboxylic acids is 1. The number of ketones is 1. The second-order valence-corrected chi connectivity index (χ2v) is 4.28. The number of nitro benzene ring substituents is 1. The molecule has 20 heavy (non-hydrogen) atoms. The summed E-state index contributed by atoms with van der Waals surface area (Å²) in [4.78, 5) is 22.4. The van der Waals surface area contributed by atoms with Gasteiger partial charge in [0.1, 0.15) is 0 Å². The lowest BCUT2D eigenvalue weighted by Gasteiger charge is -1.97. The Kier molecular flexibility index (Phi) is 3.74. The minimum atomic E-state index is -0.473. The first kappa shape index (κ1) is 13.7. The number of nitro groups is 1. The van der Waals surface area contributed by atoms with Crippen LogP contribution in [0.5, 0.6) is 0 Å². The van der Waals surface area contributed by atoms with Crippen molar-refractivity contribution in [3.05, 3.63) is 63.5 Å². The molecule has 1 aromatic heterocycles. The minimum Gasteiger partial charge on any atom is -0.289 e. The van der Waals surface area contributed by atoms with Gasteiger partial charge in [0.15, 0.2) is 5.78 Å². The zero-order valence-corrected chi connectivity index (χ0v) is 11.1. The van der Waals surface area contributed by atoms with Crippen molar-refractivity contribution < 1.29 is 9.72 Å². The Morgan fingerprint density at radius 1 is 1.40 bits per heavy atom. The van der Waals surface area contributed by atoms with Crippen LogP contribution in [0.2, 0.25) is 0 Å². The summed E-state index contributed by atoms with van der Waals surface area (Å²) in [7, 11) is 1.75. The molecule has 0 aliphatic rings. The van der Waals surface area contributed by atoms with E-state index in [1.165, 1.54) is 24.4 Å². The third-order valence-electron chi connectivity index (χ3n) is 3.05. The van der Waals surface area contributed by atoms with Crippen LogP contribution in [0.15, 0.2) is 36.5 Å². The number of allylic oxidation sites excluding steroid dienone is 1. The van der Waals surface area contributed by atoms with Gasteiger partial charge in [-0.05, 0) is 25.1 Å². The summed E-state index contributed by atoms with van der Waals surface area (Å²) in [5, 5.41) is 14.9. The summed E-state index contributed by atoms with van der Waals surface area (Å²) >= 11 is 0. The number of hydrogen-bond donors (Lipinski definition) is 0. The van der Waals surface area contributed by atoms with Gasteiger partial charge in [0.2, 0.25) is 0 Å². The number of aromatic nitrogens is 2. The van der Waals surface area contributed by atoms with Gasteiger partial charge in [-0.1, -0.05) is 12.1 Å². The van der Waals surface area contributed by atoms with E-state index in [9.17, 15) is 14.9 Å². The van der Waals surface area contributed by atoms with Gasteiger partial charge >= 0.3 is 0 Å². The summed E-state index contributed by atoms with van der Waals surface area (Å²) in [5.74, 6) is -0.228. The highest BCUT2D eigenvalue weighted by Crippen LogP contribution is 2.19. The van der Waals surface area contributed by atoms with Crippen molar-refractivity contribution in [2.45, 2.75) is 6.92 Å². The van der Waals surface area contributed by atoms with Gasteiger partial charge in [-0.25, -0.2) is 0 Å². The molecule has 6 nitrogen and oxygen atoms in total. The second kappa shape index (κ2) is 5.48. The molecule has 0 aliphatic carbocycles. The maximum Gasteiger partial charge on any atom is 0.276 e. The first-order chi connectivity index (χ1) is 9.50. The lowest BCUT2D eigenvalue weighted by atomic mass is 10.1. The Labute approximate surface area is 115 Å². The minimum absolute atomic E-state index is 0.0283. The van der Waals surface area contributed by atoms with Crippen LogP contribution in [0.3, 0.4) is 0 Å². The predicted molar refractivity (Wildman–Crippen MR) is 74.4 cm³/mol. The van der Waals surface area contributed by atoms with Crippen molar-refractivity contribution in [3.63, 3.8) is 0 Å². The maximum atomic E-state index is 12.0. The first-order valence-electron chi connectivity index (χ1n) is 5.95. The molecule has 0 bridgehead atoms. The third kappa shape index (κ3) is 2.64. The molecule has 0 fully saturated rings. The molecule has 0 radical (unpaired) electrons. The Morgan fingerprint density at radius 2 is 2.10 bits per heavy atom. The van der Waals surface area contributed by atoms with Gasteiger partial charge in [0.25, 0.3) is 5.69 Å². The predicted octanol–water partition coefficient (Wildman–Crippen LogP) is 2.53. The van der Waals surface area contributed by atoms with Crippen molar-refractivity contribution in [2.24, 2.45) is 7.05 Å². The van der Waals surface area contributed by atoms with E-state index in [0.717, 1.165) is 5.69 Å². The van der Waals surface area contributed by atoms with Crippen molar-refractivity contribution in [2.75, 3.05) is 0 Å². The fourth-order valence-corrected chi connectivity index (χ4v) is 1.79. The summed E-state index contributed by atoms with van der Waals surface area (Å²) in [6, 6.07) is 6.27. The second-order valence-electron chi connectivity index (χ2n) is 4.28. The lowest BCUT2D eigenvalue weighted by molar-refractivity contribution is -0.385. The lowest BCUT2D eigenvalue weighted by Crippen LogP contribution is -1.99. The molecule has 0 spiro atoms. The molecule has 0 atom stereocenters. The third-order valence-corrected chi connectivity index (χ3v) is 3.05. The van der Waals surface area contributed by atoms with E-state index in [4.69, 9.17) is 0 Å². The van der Waals surface area contributed by atoms with Gasteiger partial charge < -0.3 is 0 Å². The van der Waals surface area contributed by atoms with Crippen LogP contribution in [0, 0.1) is 17.0 Å². The molecule has 1 heterocycles. The molecule has 0 unspecified atom stereocenters. The quantitative estimate of drug-likeness (QED) is 0.370. The van der Waals surface area contributed by atoms with Crippen molar-refractivity contribution in [1.82, 2.24) is 9.78 Å². The summed E-state index contributed by atoms with van der Waals surface area (Å²) < 4.78 is 1.60. The van der Waals surface area contributed by atoms with Crippen molar-refractivity contribution in [3.8, 4) is 0 Å². The van der Waals surface area contributed by atoms with E-state index in [-0.39, 0.29) is 11.5 Å². The van der Waals surface area contributed by atoms with E-state index < -0.39 is 4.92 Å². The molecule has 2 rings (SSSR count). The molecular weight excluding hydrogens is 258 g/mol. The van der Waals surface area contributed by atoms with E-state index in [2.05, 4.69) is 5.10 Å². The summed E-state index contributed by atoms with van der Waals surface area (Å²) in [6.45, 7) is 1.79. The van der Waals surface area contributed by atoms with Crippen LogP contribution < -0.4 is 0 Å². The number of rotatable bonds is 4. The highest BCUT2D eigenvalue weighted by molar-refractivity contribution is 6.07. The number of aryl methyl sites for hydroxylation is 1. The van der Waals surface area contributed by atoms with Crippen LogP contribution in [-0.4, -0.2) is 20.5 Å². The highest BCUT2D eigenvalue weighted by Gasteiger charge is 2.12. The van der Waals surface area contributed by atoms with E-state index in [1.54, 1.807) is 36.9 Å². The molecule has 6 heteroatoms. The van der Waals surface area contributed by atoms with Crippen LogP contribution in [-0.2, 0) is 7.05 Å². The topological polar surface area (TPSA) is 78.0 Å². The van der Waals surface area contributed by atoms with Crippen LogP contribution >= 0.6 is 0 Å². The van der Waals surface area contributed by atoms with Gasteiger partial charge in [-0.2, -0.15) is 5.10 Å². The van der Waals surface area contributed by atoms with E-state index in [1.807, 2.05) is 0 Å². The van der Waals surface area contributed by atoms with Crippen LogP contribution in [0.1, 0.15) is 21.6 Å². The molecule has 0 aliphatic heterocycles. The Balaban J connectivity index is 2.28. The SMILES string of the molecule is Cc1c(C(=O)/C=C/c2ccccc2[N+](=O)[O-])cnn1C. The highest BCUT2D eigenvalue weighted by atomic mass is 16.6. The normalized spacial score (nSPS) is 10.9. The molecule has 2 aromatic rings. The number of nitrogens with zero attached hydrogens (tertiary/aromatic N) is 3. The van der Waals surface area contributed by atoms with Gasteiger partial charge in [0, 0.05) is 18.8 Å². The van der Waals surface area contributed by atoms with E-state index in [0.29, 0.717) is 11.1 Å². The standard InChI is InChI=1S/C14H13N3O3/c1-10-12(9-15-16(10)2)14(18)8-7-11-5-3-4-6-13(11)17(19)20/h3-9H,1-2H3/b8-7+. The fraction of sp³-hybridized carbons (Fsp3) is 0.143. The molecule has 0 saturated carbocycles. The maximum absolute atomic E-state index is 12.0. The Bertz CT molecular complexity index is 701. The number of para-hydroxylation sites is 1. The molecule has 1 aromatic carbocycles. The summed E-state index contributed by atoms with van der Waals surface area (Å²) in [6.07, 6.45) is 4.26. The number of carbonyl (C=O) groups is 1. The zero-order valence-electron chi connectivity index (χ0n) is 11.1. The van der Waals surface area contributed by atoms with Gasteiger partial charge in [-0.3, -0.25) is 19.6 Å². The van der Waals surface area contributed by atoms with Gasteiger partial charge in [0.05, 0.1) is 22.2 Å². The van der Waals surface area contributed by atoms with E-state index >= 15 is 0 Å². The molecule has 0 N–H and O–H groups in total. The molecule has 102 valence electrons. The molecule has 0 amide bonds. The summed E-state index contributed by atoms with van der Waals surface area (Å²) in [5.41, 5.74) is 1.61. The first-order valence-corrected chi connectivity index (χ1v) is 5.95. The van der Waals surface area contributed by atoms with Crippen LogP contribution in [0.25, 0.3) is 6.08 Å². The van der Waals surface area contributed by atoms with Crippen LogP contribution in [0.4, 0.5) is 5.69 Å². The monoisotopic (exact) mass is 271 g/mol. The zero-order chi connectivity index (χ0) is 14.7. The average Bonchev–Trinajstić information content (AvgIpc) is 2.76. The molecule has 0 saturated heterocycles. The van der Waals surface area contributed by atoms with Gasteiger partial charge in [-0.15, -0.1) is 0 Å². The number of hydrogen-bond acceptors (Lipinski definition) is 4. The smallest absolute Gasteiger partial charge is 0.276 e. The fourth-order valence-electron chi connectivity index (χ4n) is 1.79. The average molecular weight is 271 g/mol. The number of benzene rings is 1. The Hall–Kier alpha value is -2.76. The van der Waals surface area contributed by atoms with Crippen molar-refractivity contribution in [1.29, 1.82) is 0 Å². The Morgan fingerprint density at radius 3 is 2.70 bits per heavy atom.